The lowest BCUT2D eigenvalue weighted by molar-refractivity contribution is -0.192. The number of fused-ring (bicyclic) bond motifs is 1. The van der Waals surface area contributed by atoms with Gasteiger partial charge in [0.25, 0.3) is 0 Å². The van der Waals surface area contributed by atoms with E-state index in [0.717, 1.165) is 47.5 Å². The third-order valence-corrected chi connectivity index (χ3v) is 6.36. The highest BCUT2D eigenvalue weighted by Gasteiger charge is 2.38. The van der Waals surface area contributed by atoms with E-state index in [4.69, 9.17) is 15.6 Å². The van der Waals surface area contributed by atoms with Gasteiger partial charge in [0, 0.05) is 37.9 Å². The van der Waals surface area contributed by atoms with Crippen molar-refractivity contribution in [1.82, 2.24) is 9.80 Å². The number of benzene rings is 2. The first kappa shape index (κ1) is 29.4. The summed E-state index contributed by atoms with van der Waals surface area (Å²) in [7, 11) is 0. The fraction of sp³-hybridized carbons (Fsp3) is 0.385. The molecule has 4 rings (SSSR count). The summed E-state index contributed by atoms with van der Waals surface area (Å²) in [6, 6.07) is 13.1. The summed E-state index contributed by atoms with van der Waals surface area (Å²) < 4.78 is 31.7. The van der Waals surface area contributed by atoms with Crippen LogP contribution in [-0.4, -0.2) is 64.0 Å². The molecule has 13 heteroatoms. The molecule has 2 aliphatic heterocycles. The molecule has 1 atom stereocenters. The molecule has 1 fully saturated rings. The first-order valence-electron chi connectivity index (χ1n) is 12.2. The van der Waals surface area contributed by atoms with Crippen molar-refractivity contribution in [2.75, 3.05) is 23.7 Å². The Hall–Kier alpha value is -4.13. The van der Waals surface area contributed by atoms with Gasteiger partial charge in [-0.15, -0.1) is 0 Å². The van der Waals surface area contributed by atoms with Crippen LogP contribution < -0.4 is 16.4 Å². The van der Waals surface area contributed by atoms with Gasteiger partial charge in [-0.3, -0.25) is 14.5 Å². The second kappa shape index (κ2) is 12.6. The van der Waals surface area contributed by atoms with Gasteiger partial charge in [0.05, 0.1) is 6.04 Å². The number of halogens is 3. The van der Waals surface area contributed by atoms with Crippen molar-refractivity contribution in [1.29, 1.82) is 0 Å². The normalized spacial score (nSPS) is 16.9. The molecule has 0 aromatic heterocycles. The van der Waals surface area contributed by atoms with Gasteiger partial charge in [-0.2, -0.15) is 13.2 Å². The van der Waals surface area contributed by atoms with E-state index in [1.807, 2.05) is 42.5 Å². The van der Waals surface area contributed by atoms with E-state index in [9.17, 15) is 27.6 Å². The largest absolute Gasteiger partial charge is 0.490 e. The van der Waals surface area contributed by atoms with Crippen LogP contribution in [0.2, 0.25) is 0 Å². The molecule has 2 aromatic carbocycles. The summed E-state index contributed by atoms with van der Waals surface area (Å²) in [5.41, 5.74) is 10.2. The number of primary amides is 1. The zero-order valence-electron chi connectivity index (χ0n) is 21.3. The summed E-state index contributed by atoms with van der Waals surface area (Å²) in [5, 5.41) is 13.0. The Morgan fingerprint density at radius 2 is 1.77 bits per heavy atom. The Kier molecular flexibility index (Phi) is 9.51. The first-order chi connectivity index (χ1) is 18.3. The van der Waals surface area contributed by atoms with Gasteiger partial charge in [0.15, 0.2) is 0 Å². The number of hydrogen-bond acceptors (Lipinski definition) is 5. The number of carbonyl (C=O) groups is 4. The quantitative estimate of drug-likeness (QED) is 0.450. The zero-order valence-corrected chi connectivity index (χ0v) is 21.3. The Balaban J connectivity index is 0.000000532. The van der Waals surface area contributed by atoms with Gasteiger partial charge in [-0.25, -0.2) is 9.59 Å². The summed E-state index contributed by atoms with van der Waals surface area (Å²) in [6.07, 6.45) is -2.64. The molecule has 2 aliphatic rings. The van der Waals surface area contributed by atoms with E-state index in [0.29, 0.717) is 26.1 Å². The van der Waals surface area contributed by atoms with E-state index < -0.39 is 12.1 Å². The predicted molar refractivity (Wildman–Crippen MR) is 137 cm³/mol. The lowest BCUT2D eigenvalue weighted by atomic mass is 9.98. The number of alkyl halides is 3. The molecule has 210 valence electrons. The number of carbonyl (C=O) groups excluding carboxylic acids is 3. The number of carboxylic acids is 1. The fourth-order valence-electron chi connectivity index (χ4n) is 4.61. The van der Waals surface area contributed by atoms with Gasteiger partial charge in [-0.05, 0) is 60.7 Å². The first-order valence-corrected chi connectivity index (χ1v) is 12.2. The number of rotatable bonds is 5. The number of aliphatic carboxylic acids is 1. The van der Waals surface area contributed by atoms with Crippen molar-refractivity contribution in [3.63, 3.8) is 0 Å². The van der Waals surface area contributed by atoms with Crippen LogP contribution in [0.3, 0.4) is 0 Å². The van der Waals surface area contributed by atoms with E-state index >= 15 is 0 Å². The van der Waals surface area contributed by atoms with Crippen molar-refractivity contribution < 1.29 is 37.5 Å². The molecule has 0 radical (unpaired) electrons. The third-order valence-electron chi connectivity index (χ3n) is 6.36. The molecule has 0 aliphatic carbocycles. The summed E-state index contributed by atoms with van der Waals surface area (Å²) in [6.45, 7) is 4.03. The molecule has 0 saturated carbocycles. The zero-order chi connectivity index (χ0) is 28.7. The van der Waals surface area contributed by atoms with Gasteiger partial charge >= 0.3 is 18.2 Å². The van der Waals surface area contributed by atoms with Gasteiger partial charge in [-0.1, -0.05) is 24.3 Å². The monoisotopic (exact) mass is 549 g/mol. The number of amides is 4. The molecule has 1 unspecified atom stereocenters. The maximum atomic E-state index is 12.9. The Bertz CT molecular complexity index is 1240. The number of likely N-dealkylation sites (tertiary alicyclic amines) is 1. The van der Waals surface area contributed by atoms with Crippen LogP contribution in [0.25, 0.3) is 0 Å². The van der Waals surface area contributed by atoms with Crippen molar-refractivity contribution in [2.24, 2.45) is 5.73 Å². The molecule has 1 saturated heterocycles. The predicted octanol–water partition coefficient (Wildman–Crippen LogP) is 3.32. The molecule has 10 nitrogen and oxygen atoms in total. The maximum Gasteiger partial charge on any atom is 0.490 e. The smallest absolute Gasteiger partial charge is 0.475 e. The van der Waals surface area contributed by atoms with E-state index in [1.54, 1.807) is 4.90 Å². The molecular weight excluding hydrogens is 519 g/mol. The van der Waals surface area contributed by atoms with Gasteiger partial charge < -0.3 is 26.4 Å². The van der Waals surface area contributed by atoms with Crippen LogP contribution in [0.15, 0.2) is 42.5 Å². The van der Waals surface area contributed by atoms with E-state index in [-0.39, 0.29) is 23.9 Å². The van der Waals surface area contributed by atoms with Crippen molar-refractivity contribution >= 4 is 35.2 Å². The van der Waals surface area contributed by atoms with Crippen LogP contribution in [0.5, 0.6) is 0 Å². The number of nitrogens with one attached hydrogen (secondary N) is 2. The maximum absolute atomic E-state index is 12.9. The summed E-state index contributed by atoms with van der Waals surface area (Å²) in [4.78, 5) is 48.8. The highest BCUT2D eigenvalue weighted by atomic mass is 19.4. The average Bonchev–Trinajstić information content (AvgIpc) is 3.32. The Morgan fingerprint density at radius 1 is 1.08 bits per heavy atom. The molecule has 2 heterocycles. The average molecular weight is 550 g/mol. The minimum atomic E-state index is -5.08. The standard InChI is InChI=1S/C24H29N5O3.C2HF3O2/c1-16(30)26-21-8-3-6-18-15-29(12-10-20(18)21)24(32)27-19-7-2-5-17(13-19)14-28-11-4-9-22(28)23(25)31;3-2(4,5)1(6)7/h2-3,5-8,13,22H,4,9-12,14-15H2,1H3,(H2,25,31)(H,26,30)(H,27,32);(H,6,7). The summed E-state index contributed by atoms with van der Waals surface area (Å²) >= 11 is 0. The topological polar surface area (TPSA) is 145 Å². The van der Waals surface area contributed by atoms with E-state index in [2.05, 4.69) is 15.5 Å². The second-order valence-electron chi connectivity index (χ2n) is 9.26. The van der Waals surface area contributed by atoms with Crippen LogP contribution in [0, 0.1) is 0 Å². The lowest BCUT2D eigenvalue weighted by Gasteiger charge is -2.30. The SMILES string of the molecule is CC(=O)Nc1cccc2c1CCN(C(=O)Nc1cccc(CN3CCCC3C(N)=O)c1)C2.O=C(O)C(F)(F)F. The summed E-state index contributed by atoms with van der Waals surface area (Å²) in [5.74, 6) is -3.14. The number of nitrogens with two attached hydrogens (primary N) is 1. The molecule has 0 spiro atoms. The Labute approximate surface area is 222 Å². The number of carboxylic acid groups (broad SMARTS) is 1. The van der Waals surface area contributed by atoms with E-state index in [1.165, 1.54) is 6.92 Å². The number of hydrogen-bond donors (Lipinski definition) is 4. The molecule has 0 bridgehead atoms. The highest BCUT2D eigenvalue weighted by Crippen LogP contribution is 2.27. The number of nitrogens with zero attached hydrogens (tertiary/aromatic N) is 2. The highest BCUT2D eigenvalue weighted by molar-refractivity contribution is 5.91. The minimum absolute atomic E-state index is 0.102. The molecule has 4 amide bonds. The molecular formula is C26H30F3N5O5. The minimum Gasteiger partial charge on any atom is -0.475 e. The number of urea groups is 1. The van der Waals surface area contributed by atoms with Crippen LogP contribution >= 0.6 is 0 Å². The van der Waals surface area contributed by atoms with Gasteiger partial charge in [0.2, 0.25) is 11.8 Å². The van der Waals surface area contributed by atoms with Crippen LogP contribution in [0.1, 0.15) is 36.5 Å². The second-order valence-corrected chi connectivity index (χ2v) is 9.26. The molecule has 2 aromatic rings. The molecule has 39 heavy (non-hydrogen) atoms. The van der Waals surface area contributed by atoms with Gasteiger partial charge in [0.1, 0.15) is 0 Å². The lowest BCUT2D eigenvalue weighted by Crippen LogP contribution is -2.40. The van der Waals surface area contributed by atoms with Crippen LogP contribution in [-0.2, 0) is 33.9 Å². The third kappa shape index (κ3) is 8.18. The van der Waals surface area contributed by atoms with Crippen molar-refractivity contribution in [3.05, 3.63) is 59.2 Å². The molecule has 5 N–H and O–H groups in total. The fourth-order valence-corrected chi connectivity index (χ4v) is 4.61. The number of anilines is 2. The Morgan fingerprint density at radius 3 is 2.41 bits per heavy atom. The van der Waals surface area contributed by atoms with Crippen LogP contribution in [0.4, 0.5) is 29.3 Å². The van der Waals surface area contributed by atoms with Crippen molar-refractivity contribution in [3.8, 4) is 0 Å². The van der Waals surface area contributed by atoms with Crippen molar-refractivity contribution in [2.45, 2.75) is 51.5 Å².